The summed E-state index contributed by atoms with van der Waals surface area (Å²) in [4.78, 5) is 23.5. The normalized spacial score (nSPS) is 17.8. The van der Waals surface area contributed by atoms with E-state index in [0.29, 0.717) is 12.3 Å². The zero-order valence-electron chi connectivity index (χ0n) is 9.37. The highest BCUT2D eigenvalue weighted by Crippen LogP contribution is 2.22. The summed E-state index contributed by atoms with van der Waals surface area (Å²) in [5, 5.41) is 0. The van der Waals surface area contributed by atoms with Crippen molar-refractivity contribution < 1.29 is 9.59 Å². The lowest BCUT2D eigenvalue weighted by Gasteiger charge is -2.31. The molecule has 1 aliphatic rings. The molecule has 0 aromatic carbocycles. The maximum absolute atomic E-state index is 11.1. The van der Waals surface area contributed by atoms with Crippen molar-refractivity contribution >= 4 is 11.8 Å². The van der Waals surface area contributed by atoms with Gasteiger partial charge in [-0.3, -0.25) is 9.59 Å². The maximum Gasteiger partial charge on any atom is 0.219 e. The van der Waals surface area contributed by atoms with Gasteiger partial charge in [-0.2, -0.15) is 0 Å². The lowest BCUT2D eigenvalue weighted by atomic mass is 9.91. The van der Waals surface area contributed by atoms with Gasteiger partial charge in [0, 0.05) is 26.4 Å². The molecule has 0 unspecified atom stereocenters. The molecule has 0 radical (unpaired) electrons. The van der Waals surface area contributed by atoms with Crippen molar-refractivity contribution in [3.63, 3.8) is 0 Å². The van der Waals surface area contributed by atoms with Crippen molar-refractivity contribution in [2.24, 2.45) is 11.7 Å². The molecule has 86 valence electrons. The second-order valence-electron chi connectivity index (χ2n) is 4.31. The van der Waals surface area contributed by atoms with Gasteiger partial charge in [-0.15, -0.1) is 0 Å². The smallest absolute Gasteiger partial charge is 0.219 e. The molecule has 4 nitrogen and oxygen atoms in total. The Morgan fingerprint density at radius 1 is 1.33 bits per heavy atom. The second-order valence-corrected chi connectivity index (χ2v) is 4.31. The number of likely N-dealkylation sites (tertiary alicyclic amines) is 1. The molecular formula is C11H20N2O2. The SMILES string of the molecule is CC(=O)N1CCC(CCCC(N)=O)CC1. The topological polar surface area (TPSA) is 63.4 Å². The molecule has 0 atom stereocenters. The van der Waals surface area contributed by atoms with Crippen LogP contribution in [-0.4, -0.2) is 29.8 Å². The molecular weight excluding hydrogens is 192 g/mol. The predicted octanol–water partition coefficient (Wildman–Crippen LogP) is 0.901. The Morgan fingerprint density at radius 2 is 1.93 bits per heavy atom. The summed E-state index contributed by atoms with van der Waals surface area (Å²) in [5.74, 6) is 0.627. The summed E-state index contributed by atoms with van der Waals surface area (Å²) < 4.78 is 0. The fourth-order valence-corrected chi connectivity index (χ4v) is 2.10. The number of amides is 2. The van der Waals surface area contributed by atoms with E-state index in [2.05, 4.69) is 0 Å². The fourth-order valence-electron chi connectivity index (χ4n) is 2.10. The van der Waals surface area contributed by atoms with Crippen LogP contribution in [0.25, 0.3) is 0 Å². The first-order chi connectivity index (χ1) is 7.09. The monoisotopic (exact) mass is 212 g/mol. The third kappa shape index (κ3) is 4.32. The summed E-state index contributed by atoms with van der Waals surface area (Å²) >= 11 is 0. The summed E-state index contributed by atoms with van der Waals surface area (Å²) in [7, 11) is 0. The first-order valence-corrected chi connectivity index (χ1v) is 5.63. The molecule has 4 heteroatoms. The average Bonchev–Trinajstić information content (AvgIpc) is 2.18. The van der Waals surface area contributed by atoms with Crippen molar-refractivity contribution in [1.29, 1.82) is 0 Å². The van der Waals surface area contributed by atoms with E-state index in [1.807, 2.05) is 4.90 Å². The van der Waals surface area contributed by atoms with Gasteiger partial charge in [0.15, 0.2) is 0 Å². The van der Waals surface area contributed by atoms with Gasteiger partial charge in [0.2, 0.25) is 11.8 Å². The zero-order chi connectivity index (χ0) is 11.3. The van der Waals surface area contributed by atoms with Crippen molar-refractivity contribution in [3.8, 4) is 0 Å². The van der Waals surface area contributed by atoms with Crippen LogP contribution in [0.4, 0.5) is 0 Å². The summed E-state index contributed by atoms with van der Waals surface area (Å²) in [6.07, 6.45) is 4.58. The van der Waals surface area contributed by atoms with E-state index < -0.39 is 0 Å². The molecule has 0 aromatic heterocycles. The van der Waals surface area contributed by atoms with Gasteiger partial charge < -0.3 is 10.6 Å². The van der Waals surface area contributed by atoms with Crippen LogP contribution in [0.1, 0.15) is 39.0 Å². The molecule has 2 N–H and O–H groups in total. The Balaban J connectivity index is 2.14. The van der Waals surface area contributed by atoms with Gasteiger partial charge in [-0.1, -0.05) is 0 Å². The summed E-state index contributed by atoms with van der Waals surface area (Å²) in [6.45, 7) is 3.36. The highest BCUT2D eigenvalue weighted by Gasteiger charge is 2.20. The van der Waals surface area contributed by atoms with Gasteiger partial charge >= 0.3 is 0 Å². The first kappa shape index (κ1) is 12.0. The van der Waals surface area contributed by atoms with Crippen LogP contribution in [0.5, 0.6) is 0 Å². The van der Waals surface area contributed by atoms with Crippen LogP contribution >= 0.6 is 0 Å². The number of carbonyl (C=O) groups is 2. The van der Waals surface area contributed by atoms with Crippen molar-refractivity contribution in [1.82, 2.24) is 4.90 Å². The van der Waals surface area contributed by atoms with Gasteiger partial charge in [0.1, 0.15) is 0 Å². The minimum atomic E-state index is -0.212. The van der Waals surface area contributed by atoms with Crippen molar-refractivity contribution in [2.75, 3.05) is 13.1 Å². The Labute approximate surface area is 90.8 Å². The number of nitrogens with two attached hydrogens (primary N) is 1. The van der Waals surface area contributed by atoms with E-state index in [0.717, 1.165) is 38.8 Å². The third-order valence-electron chi connectivity index (χ3n) is 3.10. The zero-order valence-corrected chi connectivity index (χ0v) is 9.37. The van der Waals surface area contributed by atoms with Gasteiger partial charge in [0.25, 0.3) is 0 Å². The molecule has 0 aliphatic carbocycles. The van der Waals surface area contributed by atoms with Crippen LogP contribution in [0.2, 0.25) is 0 Å². The lowest BCUT2D eigenvalue weighted by molar-refractivity contribution is -0.130. The molecule has 1 rings (SSSR count). The summed E-state index contributed by atoms with van der Waals surface area (Å²) in [5.41, 5.74) is 5.08. The lowest BCUT2D eigenvalue weighted by Crippen LogP contribution is -2.36. The van der Waals surface area contributed by atoms with Gasteiger partial charge in [0.05, 0.1) is 0 Å². The molecule has 1 fully saturated rings. The van der Waals surface area contributed by atoms with Crippen LogP contribution in [-0.2, 0) is 9.59 Å². The summed E-state index contributed by atoms with van der Waals surface area (Å²) in [6, 6.07) is 0. The highest BCUT2D eigenvalue weighted by atomic mass is 16.2. The Kier molecular flexibility index (Phi) is 4.59. The molecule has 15 heavy (non-hydrogen) atoms. The number of carbonyl (C=O) groups excluding carboxylic acids is 2. The number of nitrogens with zero attached hydrogens (tertiary/aromatic N) is 1. The van der Waals surface area contributed by atoms with Crippen LogP contribution < -0.4 is 5.73 Å². The predicted molar refractivity (Wildman–Crippen MR) is 58.0 cm³/mol. The number of rotatable bonds is 4. The first-order valence-electron chi connectivity index (χ1n) is 5.63. The molecule has 0 bridgehead atoms. The molecule has 0 saturated carbocycles. The van der Waals surface area contributed by atoms with Crippen LogP contribution in [0.15, 0.2) is 0 Å². The van der Waals surface area contributed by atoms with E-state index in [1.54, 1.807) is 6.92 Å². The number of hydrogen-bond donors (Lipinski definition) is 1. The largest absolute Gasteiger partial charge is 0.370 e. The van der Waals surface area contributed by atoms with Gasteiger partial charge in [-0.05, 0) is 31.6 Å². The standard InChI is InChI=1S/C11H20N2O2/c1-9(14)13-7-5-10(6-8-13)3-2-4-11(12)15/h10H,2-8H2,1H3,(H2,12,15). The molecule has 1 aliphatic heterocycles. The Morgan fingerprint density at radius 3 is 2.40 bits per heavy atom. The van der Waals surface area contributed by atoms with E-state index >= 15 is 0 Å². The minimum absolute atomic E-state index is 0.172. The Hall–Kier alpha value is -1.06. The second kappa shape index (κ2) is 5.73. The van der Waals surface area contributed by atoms with E-state index in [1.165, 1.54) is 0 Å². The fraction of sp³-hybridized carbons (Fsp3) is 0.818. The number of primary amides is 1. The molecule has 2 amide bonds. The van der Waals surface area contributed by atoms with Crippen molar-refractivity contribution in [2.45, 2.75) is 39.0 Å². The van der Waals surface area contributed by atoms with Crippen LogP contribution in [0, 0.1) is 5.92 Å². The van der Waals surface area contributed by atoms with E-state index in [9.17, 15) is 9.59 Å². The molecule has 1 heterocycles. The molecule has 0 aromatic rings. The maximum atomic E-state index is 11.1. The number of hydrogen-bond acceptors (Lipinski definition) is 2. The van der Waals surface area contributed by atoms with E-state index in [-0.39, 0.29) is 11.8 Å². The van der Waals surface area contributed by atoms with E-state index in [4.69, 9.17) is 5.73 Å². The van der Waals surface area contributed by atoms with Crippen molar-refractivity contribution in [3.05, 3.63) is 0 Å². The quantitative estimate of drug-likeness (QED) is 0.752. The molecule has 0 spiro atoms. The average molecular weight is 212 g/mol. The minimum Gasteiger partial charge on any atom is -0.370 e. The van der Waals surface area contributed by atoms with Gasteiger partial charge in [-0.25, -0.2) is 0 Å². The Bertz CT molecular complexity index is 230. The highest BCUT2D eigenvalue weighted by molar-refractivity contribution is 5.73. The molecule has 1 saturated heterocycles. The third-order valence-corrected chi connectivity index (χ3v) is 3.10. The van der Waals surface area contributed by atoms with Crippen LogP contribution in [0.3, 0.4) is 0 Å². The number of piperidine rings is 1.